The molecule has 142 valence electrons. The lowest BCUT2D eigenvalue weighted by Gasteiger charge is -2.11. The Labute approximate surface area is 154 Å². The molecule has 1 aromatic carbocycles. The molecular weight excluding hydrogens is 358 g/mol. The first-order valence-electron chi connectivity index (χ1n) is 8.06. The molecule has 0 aliphatic carbocycles. The monoisotopic (exact) mass is 376 g/mol. The molecular formula is C19H18F2N2O4. The van der Waals surface area contributed by atoms with Gasteiger partial charge in [0.25, 0.3) is 0 Å². The Bertz CT molecular complexity index is 853. The normalized spacial score (nSPS) is 10.9. The van der Waals surface area contributed by atoms with Crippen molar-refractivity contribution in [3.8, 4) is 11.5 Å². The highest BCUT2D eigenvalue weighted by Gasteiger charge is 2.11. The molecule has 1 amide bonds. The predicted molar refractivity (Wildman–Crippen MR) is 96.1 cm³/mol. The van der Waals surface area contributed by atoms with Crippen LogP contribution in [0.15, 0.2) is 42.7 Å². The number of anilines is 1. The van der Waals surface area contributed by atoms with E-state index in [1.54, 1.807) is 6.92 Å². The van der Waals surface area contributed by atoms with Gasteiger partial charge in [0.15, 0.2) is 17.3 Å². The topological polar surface area (TPSA) is 77.5 Å². The van der Waals surface area contributed by atoms with Gasteiger partial charge in [-0.2, -0.15) is 8.78 Å². The fraction of sp³-hybridized carbons (Fsp3) is 0.211. The van der Waals surface area contributed by atoms with Crippen LogP contribution in [0.5, 0.6) is 11.5 Å². The number of nitrogens with one attached hydrogen (secondary N) is 1. The lowest BCUT2D eigenvalue weighted by atomic mass is 10.1. The Morgan fingerprint density at radius 1 is 1.26 bits per heavy atom. The van der Waals surface area contributed by atoms with Crippen LogP contribution < -0.4 is 14.8 Å². The van der Waals surface area contributed by atoms with Crippen molar-refractivity contribution in [2.24, 2.45) is 0 Å². The summed E-state index contributed by atoms with van der Waals surface area (Å²) in [4.78, 5) is 27.5. The third-order valence-corrected chi connectivity index (χ3v) is 3.37. The SMILES string of the molecule is CCOc1cc(C=CC(=O)Nc2ccncc2C(C)=O)ccc1OC(F)F. The summed E-state index contributed by atoms with van der Waals surface area (Å²) < 4.78 is 34.5. The average Bonchev–Trinajstić information content (AvgIpc) is 2.62. The van der Waals surface area contributed by atoms with Crippen LogP contribution in [0.3, 0.4) is 0 Å². The second kappa shape index (κ2) is 9.42. The van der Waals surface area contributed by atoms with Crippen LogP contribution in [0.2, 0.25) is 0 Å². The van der Waals surface area contributed by atoms with Gasteiger partial charge in [0.2, 0.25) is 5.91 Å². The first-order chi connectivity index (χ1) is 12.9. The van der Waals surface area contributed by atoms with Gasteiger partial charge in [-0.05, 0) is 43.7 Å². The van der Waals surface area contributed by atoms with E-state index in [0.717, 1.165) is 0 Å². The second-order valence-corrected chi connectivity index (χ2v) is 5.32. The second-order valence-electron chi connectivity index (χ2n) is 5.32. The van der Waals surface area contributed by atoms with Crippen molar-refractivity contribution >= 4 is 23.5 Å². The molecule has 0 saturated carbocycles. The molecule has 0 fully saturated rings. The predicted octanol–water partition coefficient (Wildman–Crippen LogP) is 3.94. The Morgan fingerprint density at radius 2 is 2.04 bits per heavy atom. The zero-order valence-electron chi connectivity index (χ0n) is 14.7. The number of ketones is 1. The van der Waals surface area contributed by atoms with Crippen molar-refractivity contribution in [1.29, 1.82) is 0 Å². The molecule has 0 radical (unpaired) electrons. The quantitative estimate of drug-likeness (QED) is 0.558. The van der Waals surface area contributed by atoms with Crippen molar-refractivity contribution in [1.82, 2.24) is 4.98 Å². The fourth-order valence-electron chi connectivity index (χ4n) is 2.22. The van der Waals surface area contributed by atoms with Crippen LogP contribution in [-0.4, -0.2) is 29.9 Å². The van der Waals surface area contributed by atoms with Crippen LogP contribution >= 0.6 is 0 Å². The number of rotatable bonds is 8. The van der Waals surface area contributed by atoms with Crippen LogP contribution in [0.25, 0.3) is 6.08 Å². The van der Waals surface area contributed by atoms with E-state index < -0.39 is 12.5 Å². The number of ether oxygens (including phenoxy) is 2. The van der Waals surface area contributed by atoms with Crippen LogP contribution in [0.4, 0.5) is 14.5 Å². The van der Waals surface area contributed by atoms with Gasteiger partial charge in [0.1, 0.15) is 0 Å². The van der Waals surface area contributed by atoms with Crippen LogP contribution in [0, 0.1) is 0 Å². The third-order valence-electron chi connectivity index (χ3n) is 3.37. The molecule has 0 aliphatic rings. The molecule has 27 heavy (non-hydrogen) atoms. The van der Waals surface area contributed by atoms with Crippen molar-refractivity contribution in [3.05, 3.63) is 53.9 Å². The number of carbonyl (C=O) groups is 2. The number of alkyl halides is 2. The Hall–Kier alpha value is -3.29. The van der Waals surface area contributed by atoms with Gasteiger partial charge < -0.3 is 14.8 Å². The Balaban J connectivity index is 2.14. The summed E-state index contributed by atoms with van der Waals surface area (Å²) in [6, 6.07) is 5.85. The van der Waals surface area contributed by atoms with E-state index in [9.17, 15) is 18.4 Å². The maximum absolute atomic E-state index is 12.4. The summed E-state index contributed by atoms with van der Waals surface area (Å²) in [7, 11) is 0. The lowest BCUT2D eigenvalue weighted by molar-refractivity contribution is -0.111. The van der Waals surface area contributed by atoms with E-state index in [0.29, 0.717) is 16.8 Å². The molecule has 6 nitrogen and oxygen atoms in total. The van der Waals surface area contributed by atoms with E-state index >= 15 is 0 Å². The highest BCUT2D eigenvalue weighted by atomic mass is 19.3. The minimum atomic E-state index is -2.97. The van der Waals surface area contributed by atoms with Gasteiger partial charge in [0, 0.05) is 18.5 Å². The lowest BCUT2D eigenvalue weighted by Crippen LogP contribution is -2.11. The van der Waals surface area contributed by atoms with Gasteiger partial charge in [-0.3, -0.25) is 14.6 Å². The summed E-state index contributed by atoms with van der Waals surface area (Å²) in [6.45, 7) is 0.389. The molecule has 0 aliphatic heterocycles. The maximum atomic E-state index is 12.4. The largest absolute Gasteiger partial charge is 0.490 e. The van der Waals surface area contributed by atoms with E-state index in [4.69, 9.17) is 4.74 Å². The van der Waals surface area contributed by atoms with Gasteiger partial charge >= 0.3 is 6.61 Å². The first-order valence-corrected chi connectivity index (χ1v) is 8.06. The highest BCUT2D eigenvalue weighted by molar-refractivity contribution is 6.07. The van der Waals surface area contributed by atoms with Gasteiger partial charge in [0.05, 0.1) is 17.9 Å². The van der Waals surface area contributed by atoms with Crippen molar-refractivity contribution < 1.29 is 27.8 Å². The number of pyridine rings is 1. The molecule has 1 heterocycles. The summed E-state index contributed by atoms with van der Waals surface area (Å²) in [5, 5.41) is 2.60. The van der Waals surface area contributed by atoms with E-state index in [1.165, 1.54) is 55.7 Å². The van der Waals surface area contributed by atoms with Crippen molar-refractivity contribution in [2.45, 2.75) is 20.5 Å². The number of Topliss-reactive ketones (excluding diaryl/α,β-unsaturated/α-hetero) is 1. The molecule has 0 bridgehead atoms. The number of aromatic nitrogens is 1. The number of hydrogen-bond acceptors (Lipinski definition) is 5. The minimum Gasteiger partial charge on any atom is -0.490 e. The molecule has 8 heteroatoms. The molecule has 0 saturated heterocycles. The Morgan fingerprint density at radius 3 is 2.70 bits per heavy atom. The summed E-state index contributed by atoms with van der Waals surface area (Å²) in [5.41, 5.74) is 1.20. The van der Waals surface area contributed by atoms with Gasteiger partial charge in [-0.1, -0.05) is 6.07 Å². The van der Waals surface area contributed by atoms with Crippen LogP contribution in [0.1, 0.15) is 29.8 Å². The van der Waals surface area contributed by atoms with E-state index in [-0.39, 0.29) is 23.9 Å². The standard InChI is InChI=1S/C19H18F2N2O4/c1-3-26-17-10-13(4-6-16(17)27-19(20)21)5-7-18(25)23-15-8-9-22-11-14(15)12(2)24/h4-11,19H,3H2,1-2H3,(H,22,23,25). The molecule has 1 aromatic heterocycles. The van der Waals surface area contributed by atoms with Crippen LogP contribution in [-0.2, 0) is 4.79 Å². The molecule has 0 atom stereocenters. The van der Waals surface area contributed by atoms with E-state index in [2.05, 4.69) is 15.0 Å². The first kappa shape index (κ1) is 20.0. The summed E-state index contributed by atoms with van der Waals surface area (Å²) in [6.07, 6.45) is 5.57. The fourth-order valence-corrected chi connectivity index (χ4v) is 2.22. The number of carbonyl (C=O) groups excluding carboxylic acids is 2. The highest BCUT2D eigenvalue weighted by Crippen LogP contribution is 2.30. The maximum Gasteiger partial charge on any atom is 0.387 e. The Kier molecular flexibility index (Phi) is 6.99. The summed E-state index contributed by atoms with van der Waals surface area (Å²) in [5.74, 6) is -0.627. The third kappa shape index (κ3) is 5.88. The van der Waals surface area contributed by atoms with E-state index in [1.807, 2.05) is 0 Å². The molecule has 0 unspecified atom stereocenters. The number of benzene rings is 1. The van der Waals surface area contributed by atoms with Gasteiger partial charge in [-0.15, -0.1) is 0 Å². The molecule has 2 aromatic rings. The molecule has 1 N–H and O–H groups in total. The minimum absolute atomic E-state index is 0.0867. The average molecular weight is 376 g/mol. The number of nitrogens with zero attached hydrogens (tertiary/aromatic N) is 1. The zero-order valence-corrected chi connectivity index (χ0v) is 14.7. The number of hydrogen-bond donors (Lipinski definition) is 1. The molecule has 2 rings (SSSR count). The molecule has 0 spiro atoms. The van der Waals surface area contributed by atoms with Gasteiger partial charge in [-0.25, -0.2) is 0 Å². The van der Waals surface area contributed by atoms with Crippen molar-refractivity contribution in [3.63, 3.8) is 0 Å². The van der Waals surface area contributed by atoms with Crippen molar-refractivity contribution in [2.75, 3.05) is 11.9 Å². The zero-order chi connectivity index (χ0) is 19.8. The number of halogens is 2. The smallest absolute Gasteiger partial charge is 0.387 e. The number of amides is 1. The summed E-state index contributed by atoms with van der Waals surface area (Å²) >= 11 is 0.